The van der Waals surface area contributed by atoms with E-state index in [9.17, 15) is 9.59 Å². The van der Waals surface area contributed by atoms with Crippen molar-refractivity contribution in [3.8, 4) is 0 Å². The largest absolute Gasteiger partial charge is 0.461 e. The molecule has 0 spiro atoms. The number of nitrogens with zero attached hydrogens (tertiary/aromatic N) is 6. The molecule has 0 amide bonds. The molecule has 0 saturated heterocycles. The van der Waals surface area contributed by atoms with E-state index in [1.54, 1.807) is 47.2 Å². The number of hydrogen-bond acceptors (Lipinski definition) is 8. The van der Waals surface area contributed by atoms with E-state index in [0.29, 0.717) is 36.2 Å². The van der Waals surface area contributed by atoms with Crippen molar-refractivity contribution in [1.29, 1.82) is 0 Å². The minimum atomic E-state index is -0.402. The van der Waals surface area contributed by atoms with Crippen LogP contribution in [0, 0.1) is 13.8 Å². The molecule has 4 rings (SSSR count). The number of aromatic nitrogens is 6. The summed E-state index contributed by atoms with van der Waals surface area (Å²) in [6.07, 6.45) is 6.90. The average Bonchev–Trinajstić information content (AvgIpc) is 3.27. The highest BCUT2D eigenvalue weighted by Gasteiger charge is 2.17. The fourth-order valence-corrected chi connectivity index (χ4v) is 2.79. The summed E-state index contributed by atoms with van der Waals surface area (Å²) in [5.41, 5.74) is 2.15. The van der Waals surface area contributed by atoms with E-state index >= 15 is 0 Å². The highest BCUT2D eigenvalue weighted by molar-refractivity contribution is 5.89. The van der Waals surface area contributed by atoms with E-state index in [1.807, 2.05) is 26.2 Å². The second kappa shape index (κ2) is 9.12. The predicted octanol–water partition coefficient (Wildman–Crippen LogP) is 2.43. The second-order valence-electron chi connectivity index (χ2n) is 6.11. The molecule has 0 unspecified atom stereocenters. The Hall–Kier alpha value is -3.82. The topological polar surface area (TPSA) is 113 Å². The monoisotopic (exact) mass is 410 g/mol. The summed E-state index contributed by atoms with van der Waals surface area (Å²) in [6, 6.07) is 3.58. The van der Waals surface area contributed by atoms with Gasteiger partial charge in [-0.25, -0.2) is 29.5 Å². The number of carbonyl (C=O) groups is 2. The molecule has 0 aliphatic heterocycles. The van der Waals surface area contributed by atoms with Crippen molar-refractivity contribution in [1.82, 2.24) is 28.7 Å². The first-order valence-electron chi connectivity index (χ1n) is 9.41. The van der Waals surface area contributed by atoms with Crippen LogP contribution in [0.25, 0.3) is 11.6 Å². The number of hydrogen-bond donors (Lipinski definition) is 0. The van der Waals surface area contributed by atoms with Crippen molar-refractivity contribution in [2.75, 3.05) is 13.2 Å². The summed E-state index contributed by atoms with van der Waals surface area (Å²) in [5, 5.41) is 0. The third-order valence-corrected chi connectivity index (χ3v) is 4.22. The van der Waals surface area contributed by atoms with Gasteiger partial charge < -0.3 is 9.47 Å². The quantitative estimate of drug-likeness (QED) is 0.472. The minimum absolute atomic E-state index is 0.329. The van der Waals surface area contributed by atoms with E-state index in [2.05, 4.69) is 19.9 Å². The molecule has 0 aliphatic rings. The van der Waals surface area contributed by atoms with Crippen LogP contribution in [-0.4, -0.2) is 53.9 Å². The zero-order valence-electron chi connectivity index (χ0n) is 17.2. The van der Waals surface area contributed by atoms with Gasteiger partial charge in [0.2, 0.25) is 11.6 Å². The third kappa shape index (κ3) is 4.12. The van der Waals surface area contributed by atoms with Crippen LogP contribution in [0.3, 0.4) is 0 Å². The minimum Gasteiger partial charge on any atom is -0.461 e. The molecule has 0 fully saturated rings. The Balaban J connectivity index is 0.000000171. The van der Waals surface area contributed by atoms with Gasteiger partial charge in [-0.05, 0) is 39.8 Å². The summed E-state index contributed by atoms with van der Waals surface area (Å²) in [7, 11) is 0. The molecule has 0 N–H and O–H groups in total. The van der Waals surface area contributed by atoms with E-state index in [-0.39, 0.29) is 0 Å². The van der Waals surface area contributed by atoms with Crippen LogP contribution < -0.4 is 0 Å². The molecule has 4 aromatic rings. The summed E-state index contributed by atoms with van der Waals surface area (Å²) < 4.78 is 13.3. The number of fused-ring (bicyclic) bond motifs is 2. The molecule has 30 heavy (non-hydrogen) atoms. The SMILES string of the molecule is CCOC(=O)c1nc2ncccn2c1C.CCOC(=O)c1nc2ncccn2c1C. The first-order valence-corrected chi connectivity index (χ1v) is 9.41. The van der Waals surface area contributed by atoms with Gasteiger partial charge in [0.1, 0.15) is 0 Å². The smallest absolute Gasteiger partial charge is 0.358 e. The Morgan fingerprint density at radius 3 is 1.53 bits per heavy atom. The zero-order valence-corrected chi connectivity index (χ0v) is 17.2. The fourth-order valence-electron chi connectivity index (χ4n) is 2.79. The highest BCUT2D eigenvalue weighted by Crippen LogP contribution is 2.11. The Labute approximate surface area is 172 Å². The van der Waals surface area contributed by atoms with E-state index in [4.69, 9.17) is 9.47 Å². The molecule has 0 aromatic carbocycles. The number of ether oxygens (including phenoxy) is 2. The number of rotatable bonds is 4. The lowest BCUT2D eigenvalue weighted by atomic mass is 10.3. The number of carbonyl (C=O) groups excluding carboxylic acids is 2. The zero-order chi connectivity index (χ0) is 21.7. The highest BCUT2D eigenvalue weighted by atomic mass is 16.5. The summed E-state index contributed by atoms with van der Waals surface area (Å²) in [5.74, 6) is 0.220. The first kappa shape index (κ1) is 20.9. The van der Waals surface area contributed by atoms with Gasteiger partial charge in [0.05, 0.1) is 24.6 Å². The van der Waals surface area contributed by atoms with Gasteiger partial charge >= 0.3 is 11.9 Å². The molecule has 10 heteroatoms. The maximum atomic E-state index is 11.5. The maximum absolute atomic E-state index is 11.5. The Morgan fingerprint density at radius 1 is 0.800 bits per heavy atom. The van der Waals surface area contributed by atoms with Crippen molar-refractivity contribution >= 4 is 23.5 Å². The lowest BCUT2D eigenvalue weighted by Crippen LogP contribution is -2.06. The van der Waals surface area contributed by atoms with Crippen LogP contribution in [0.2, 0.25) is 0 Å². The van der Waals surface area contributed by atoms with Gasteiger partial charge in [0, 0.05) is 24.8 Å². The maximum Gasteiger partial charge on any atom is 0.358 e. The average molecular weight is 410 g/mol. The molecular weight excluding hydrogens is 388 g/mol. The van der Waals surface area contributed by atoms with Crippen molar-refractivity contribution in [2.24, 2.45) is 0 Å². The lowest BCUT2D eigenvalue weighted by Gasteiger charge is -1.98. The van der Waals surface area contributed by atoms with Gasteiger partial charge in [0.15, 0.2) is 11.4 Å². The van der Waals surface area contributed by atoms with Crippen molar-refractivity contribution < 1.29 is 19.1 Å². The van der Waals surface area contributed by atoms with E-state index < -0.39 is 11.9 Å². The predicted molar refractivity (Wildman–Crippen MR) is 107 cm³/mol. The summed E-state index contributed by atoms with van der Waals surface area (Å²) in [4.78, 5) is 39.3. The van der Waals surface area contributed by atoms with E-state index in [1.165, 1.54) is 0 Å². The third-order valence-electron chi connectivity index (χ3n) is 4.22. The fraction of sp³-hybridized carbons (Fsp3) is 0.300. The molecule has 0 bridgehead atoms. The Bertz CT molecular complexity index is 1100. The summed E-state index contributed by atoms with van der Waals surface area (Å²) >= 11 is 0. The standard InChI is InChI=1S/2C10H11N3O2/c2*1-3-15-9(14)8-7(2)13-6-4-5-11-10(13)12-8/h2*4-6H,3H2,1-2H3. The molecule has 10 nitrogen and oxygen atoms in total. The first-order chi connectivity index (χ1) is 14.5. The van der Waals surface area contributed by atoms with Gasteiger partial charge in [-0.2, -0.15) is 0 Å². The molecule has 0 saturated carbocycles. The second-order valence-corrected chi connectivity index (χ2v) is 6.11. The molecule has 0 aliphatic carbocycles. The molecule has 4 heterocycles. The van der Waals surface area contributed by atoms with Crippen LogP contribution in [-0.2, 0) is 9.47 Å². The van der Waals surface area contributed by atoms with Crippen LogP contribution >= 0.6 is 0 Å². The molecular formula is C20H22N6O4. The van der Waals surface area contributed by atoms with Gasteiger partial charge in [-0.15, -0.1) is 0 Å². The molecule has 0 atom stereocenters. The summed E-state index contributed by atoms with van der Waals surface area (Å²) in [6.45, 7) is 7.85. The van der Waals surface area contributed by atoms with E-state index in [0.717, 1.165) is 11.4 Å². The molecule has 4 aromatic heterocycles. The van der Waals surface area contributed by atoms with Crippen molar-refractivity contribution in [2.45, 2.75) is 27.7 Å². The molecule has 156 valence electrons. The van der Waals surface area contributed by atoms with Crippen LogP contribution in [0.4, 0.5) is 0 Å². The number of aryl methyl sites for hydroxylation is 2. The van der Waals surface area contributed by atoms with Gasteiger partial charge in [-0.3, -0.25) is 8.80 Å². The number of esters is 2. The van der Waals surface area contributed by atoms with Crippen molar-refractivity contribution in [3.05, 3.63) is 59.7 Å². The van der Waals surface area contributed by atoms with Gasteiger partial charge in [0.25, 0.3) is 0 Å². The Kier molecular flexibility index (Phi) is 6.35. The van der Waals surface area contributed by atoms with Crippen LogP contribution in [0.5, 0.6) is 0 Å². The van der Waals surface area contributed by atoms with Crippen molar-refractivity contribution in [3.63, 3.8) is 0 Å². The number of imidazole rings is 2. The van der Waals surface area contributed by atoms with Gasteiger partial charge in [-0.1, -0.05) is 0 Å². The van der Waals surface area contributed by atoms with Crippen LogP contribution in [0.15, 0.2) is 36.9 Å². The Morgan fingerprint density at radius 2 is 1.20 bits per heavy atom. The normalized spacial score (nSPS) is 10.5. The molecule has 0 radical (unpaired) electrons. The van der Waals surface area contributed by atoms with Crippen LogP contribution in [0.1, 0.15) is 46.2 Å². The lowest BCUT2D eigenvalue weighted by molar-refractivity contribution is 0.0509.